The Morgan fingerprint density at radius 1 is 1.18 bits per heavy atom. The zero-order chi connectivity index (χ0) is 24.5. The molecule has 0 unspecified atom stereocenters. The van der Waals surface area contributed by atoms with Gasteiger partial charge in [0.05, 0.1) is 0 Å². The number of imidazole rings is 1. The van der Waals surface area contributed by atoms with Gasteiger partial charge in [0, 0.05) is 19.2 Å². The van der Waals surface area contributed by atoms with E-state index in [-0.39, 0.29) is 17.3 Å². The summed E-state index contributed by atoms with van der Waals surface area (Å²) in [5.41, 5.74) is 0.648. The van der Waals surface area contributed by atoms with Crippen LogP contribution >= 0.6 is 0 Å². The van der Waals surface area contributed by atoms with E-state index in [0.29, 0.717) is 42.6 Å². The molecule has 0 saturated heterocycles. The molecule has 1 aromatic heterocycles. The molecule has 182 valence electrons. The molecule has 0 spiro atoms. The summed E-state index contributed by atoms with van der Waals surface area (Å²) in [5.74, 6) is 0.442. The van der Waals surface area contributed by atoms with Crippen LogP contribution in [0.3, 0.4) is 0 Å². The van der Waals surface area contributed by atoms with Gasteiger partial charge in [-0.05, 0) is 54.7 Å². The van der Waals surface area contributed by atoms with Crippen molar-refractivity contribution in [2.45, 2.75) is 66.2 Å². The van der Waals surface area contributed by atoms with Crippen LogP contribution in [0.1, 0.15) is 75.3 Å². The van der Waals surface area contributed by atoms with E-state index < -0.39 is 23.2 Å². The Labute approximate surface area is 197 Å². The fraction of sp³-hybridized carbons (Fsp3) is 0.583. The Balaban J connectivity index is 0.00000122. The minimum Gasteiger partial charge on any atom is -0.350 e. The molecule has 1 heterocycles. The van der Waals surface area contributed by atoms with E-state index >= 15 is 0 Å². The largest absolute Gasteiger partial charge is 0.350 e. The third-order valence-electron chi connectivity index (χ3n) is 5.98. The molecule has 9 heteroatoms. The maximum atomic E-state index is 14.8. The fourth-order valence-electron chi connectivity index (χ4n) is 4.27. The van der Waals surface area contributed by atoms with Crippen molar-refractivity contribution in [3.05, 3.63) is 47.0 Å². The number of carbonyl (C=O) groups excluding carboxylic acids is 1. The monoisotopic (exact) mass is 481 g/mol. The van der Waals surface area contributed by atoms with Crippen molar-refractivity contribution >= 4 is 17.5 Å². The molecule has 3 rings (SSSR count). The highest BCUT2D eigenvalue weighted by atomic mass is 32.1. The third-order valence-corrected chi connectivity index (χ3v) is 5.98. The van der Waals surface area contributed by atoms with Gasteiger partial charge in [-0.2, -0.15) is 8.42 Å². The first-order valence-electron chi connectivity index (χ1n) is 11.5. The molecule has 1 N–H and O–H groups in total. The van der Waals surface area contributed by atoms with Crippen LogP contribution in [-0.4, -0.2) is 30.4 Å². The van der Waals surface area contributed by atoms with Gasteiger partial charge >= 0.3 is 11.6 Å². The number of nitrogens with zero attached hydrogens (tertiary/aromatic N) is 2. The molecule has 1 amide bonds. The highest BCUT2D eigenvalue weighted by molar-refractivity contribution is 7.51. The van der Waals surface area contributed by atoms with Crippen LogP contribution in [-0.2, 0) is 24.4 Å². The highest BCUT2D eigenvalue weighted by Crippen LogP contribution is 2.28. The van der Waals surface area contributed by atoms with Crippen LogP contribution in [0.2, 0.25) is 0 Å². The van der Waals surface area contributed by atoms with Gasteiger partial charge in [-0.1, -0.05) is 40.5 Å². The van der Waals surface area contributed by atoms with Crippen molar-refractivity contribution in [3.63, 3.8) is 0 Å². The van der Waals surface area contributed by atoms with Crippen LogP contribution in [0.15, 0.2) is 18.3 Å². The van der Waals surface area contributed by atoms with Crippen LogP contribution < -0.4 is 5.32 Å². The van der Waals surface area contributed by atoms with Crippen molar-refractivity contribution < 1.29 is 22.0 Å². The van der Waals surface area contributed by atoms with Crippen LogP contribution in [0, 0.1) is 29.4 Å². The second kappa shape index (κ2) is 12.7. The van der Waals surface area contributed by atoms with Crippen LogP contribution in [0.5, 0.6) is 0 Å². The molecule has 0 radical (unpaired) electrons. The smallest absolute Gasteiger partial charge is 0.335 e. The molecule has 0 atom stereocenters. The summed E-state index contributed by atoms with van der Waals surface area (Å²) >= 11 is -0.750. The first-order valence-corrected chi connectivity index (χ1v) is 12.1. The lowest BCUT2D eigenvalue weighted by molar-refractivity contribution is 0.0937. The van der Waals surface area contributed by atoms with Gasteiger partial charge in [-0.3, -0.25) is 9.36 Å². The summed E-state index contributed by atoms with van der Waals surface area (Å²) in [7, 11) is 0. The van der Waals surface area contributed by atoms with Gasteiger partial charge in [0.2, 0.25) is 0 Å². The average Bonchev–Trinajstić information content (AvgIpc) is 3.17. The van der Waals surface area contributed by atoms with Gasteiger partial charge in [0.1, 0.15) is 17.2 Å². The predicted octanol–water partition coefficient (Wildman–Crippen LogP) is 4.80. The number of aromatic nitrogens is 2. The number of nitrogens with one attached hydrogen (secondary N) is 1. The zero-order valence-electron chi connectivity index (χ0n) is 19.7. The number of benzene rings is 1. The van der Waals surface area contributed by atoms with E-state index in [1.807, 2.05) is 20.8 Å². The highest BCUT2D eigenvalue weighted by Gasteiger charge is 2.22. The first kappa shape index (κ1) is 26.8. The van der Waals surface area contributed by atoms with Crippen molar-refractivity contribution in [1.82, 2.24) is 14.9 Å². The van der Waals surface area contributed by atoms with E-state index in [1.165, 1.54) is 35.7 Å². The molecule has 33 heavy (non-hydrogen) atoms. The van der Waals surface area contributed by atoms with Gasteiger partial charge < -0.3 is 5.32 Å². The Hall–Kier alpha value is -2.42. The Bertz CT molecular complexity index is 956. The minimum atomic E-state index is -0.750. The van der Waals surface area contributed by atoms with E-state index in [1.54, 1.807) is 0 Å². The standard InChI is InChI=1S/C24H33F2N3O.O2S/c1-5-22-28-21(24(30)27-13-17-8-6-16(4)7-9-17)14-29(22)23-19(25)11-18(10-15(2)3)12-20(23)26;1-3-2/h11-12,14-17H,5-10,13H2,1-4H3,(H,27,30);. The average molecular weight is 482 g/mol. The lowest BCUT2D eigenvalue weighted by atomic mass is 9.83. The summed E-state index contributed by atoms with van der Waals surface area (Å²) in [4.78, 5) is 17.0. The molecule has 1 saturated carbocycles. The molecule has 1 aliphatic carbocycles. The maximum absolute atomic E-state index is 14.8. The normalized spacial score (nSPS) is 17.9. The number of rotatable bonds is 7. The van der Waals surface area contributed by atoms with E-state index in [0.717, 1.165) is 18.8 Å². The molecule has 2 aromatic rings. The van der Waals surface area contributed by atoms with E-state index in [4.69, 9.17) is 8.42 Å². The number of carbonyl (C=O) groups is 1. The Kier molecular flexibility index (Phi) is 10.3. The summed E-state index contributed by atoms with van der Waals surface area (Å²) in [6.07, 6.45) is 7.14. The van der Waals surface area contributed by atoms with Gasteiger partial charge in [-0.25, -0.2) is 13.8 Å². The predicted molar refractivity (Wildman–Crippen MR) is 124 cm³/mol. The van der Waals surface area contributed by atoms with Crippen molar-refractivity contribution in [2.75, 3.05) is 6.54 Å². The Morgan fingerprint density at radius 3 is 2.27 bits per heavy atom. The van der Waals surface area contributed by atoms with Gasteiger partial charge in [-0.15, -0.1) is 0 Å². The molecular weight excluding hydrogens is 448 g/mol. The van der Waals surface area contributed by atoms with Crippen molar-refractivity contribution in [2.24, 2.45) is 17.8 Å². The first-order chi connectivity index (χ1) is 15.7. The summed E-state index contributed by atoms with van der Waals surface area (Å²) in [6, 6.07) is 2.75. The lowest BCUT2D eigenvalue weighted by Gasteiger charge is -2.26. The van der Waals surface area contributed by atoms with Crippen molar-refractivity contribution in [3.8, 4) is 5.69 Å². The topological polar surface area (TPSA) is 81.1 Å². The lowest BCUT2D eigenvalue weighted by Crippen LogP contribution is -2.31. The quantitative estimate of drug-likeness (QED) is 0.616. The maximum Gasteiger partial charge on any atom is 0.335 e. The van der Waals surface area contributed by atoms with Crippen LogP contribution in [0.4, 0.5) is 8.78 Å². The molecule has 6 nitrogen and oxygen atoms in total. The van der Waals surface area contributed by atoms with Gasteiger partial charge in [0.25, 0.3) is 5.91 Å². The molecular formula is C24H33F2N3O3S. The number of amides is 1. The summed E-state index contributed by atoms with van der Waals surface area (Å²) < 4.78 is 47.6. The number of hydrogen-bond acceptors (Lipinski definition) is 4. The third kappa shape index (κ3) is 7.55. The number of halogens is 2. The fourth-order valence-corrected chi connectivity index (χ4v) is 4.27. The number of hydrogen-bond donors (Lipinski definition) is 1. The molecule has 0 aliphatic heterocycles. The van der Waals surface area contributed by atoms with E-state index in [9.17, 15) is 13.6 Å². The Morgan fingerprint density at radius 2 is 1.76 bits per heavy atom. The molecule has 1 aromatic carbocycles. The molecule has 0 bridgehead atoms. The number of aryl methyl sites for hydroxylation is 1. The van der Waals surface area contributed by atoms with E-state index in [2.05, 4.69) is 17.2 Å². The minimum absolute atomic E-state index is 0.174. The SMILES string of the molecule is CCc1nc(C(=O)NCC2CCC(C)CC2)cn1-c1c(F)cc(CC(C)C)cc1F.O=S=O. The van der Waals surface area contributed by atoms with Crippen molar-refractivity contribution in [1.29, 1.82) is 0 Å². The van der Waals surface area contributed by atoms with Crippen LogP contribution in [0.25, 0.3) is 5.69 Å². The molecule has 1 fully saturated rings. The summed E-state index contributed by atoms with van der Waals surface area (Å²) in [5, 5.41) is 2.96. The van der Waals surface area contributed by atoms with Gasteiger partial charge in [0.15, 0.2) is 11.6 Å². The summed E-state index contributed by atoms with van der Waals surface area (Å²) in [6.45, 7) is 8.75. The zero-order valence-corrected chi connectivity index (χ0v) is 20.5. The second-order valence-corrected chi connectivity index (χ2v) is 9.31. The second-order valence-electron chi connectivity index (χ2n) is 9.18. The molecule has 1 aliphatic rings.